The van der Waals surface area contributed by atoms with Gasteiger partial charge in [-0.2, -0.15) is 23.6 Å². The van der Waals surface area contributed by atoms with Crippen LogP contribution in [-0.2, 0) is 32.4 Å². The zero-order valence-electron chi connectivity index (χ0n) is 31.9. The Morgan fingerprint density at radius 1 is 0.797 bits per heavy atom. The first-order chi connectivity index (χ1) is 28.4. The highest BCUT2D eigenvalue weighted by molar-refractivity contribution is 6.30. The van der Waals surface area contributed by atoms with Crippen LogP contribution in [0.25, 0.3) is 34.2 Å². The predicted molar refractivity (Wildman–Crippen MR) is 213 cm³/mol. The van der Waals surface area contributed by atoms with Crippen LogP contribution < -0.4 is 5.32 Å². The second kappa shape index (κ2) is 19.6. The van der Waals surface area contributed by atoms with Crippen molar-refractivity contribution in [3.05, 3.63) is 138 Å². The summed E-state index contributed by atoms with van der Waals surface area (Å²) in [5, 5.41) is 25.3. The standard InChI is InChI=1S/C20H19ClN6O.C20H19F3N8/c1-26(11-15-2-4-17(21)5-3-15)8-9-27-12-19(25-14-27)18-10-16(6-7-23-18)20(28)24-13-22;1-30(11-14-2-4-16(5-3-14)20(21,22)23)8-9-31-12-18(25-13-31)17-10-15(6-7-24-17)19-26-28-29-27-19/h2-7,10,12,14H,8-9,11H2,1H3,(H,24,28);2-7,10,12-13H,8-9,11H2,1H3,(H,26,27,28,29). The largest absolute Gasteiger partial charge is 0.416 e. The molecule has 7 aromatic rings. The van der Waals surface area contributed by atoms with E-state index >= 15 is 0 Å². The number of nitrogens with one attached hydrogen (secondary N) is 2. The average molecular weight is 823 g/mol. The van der Waals surface area contributed by atoms with E-state index in [9.17, 15) is 18.0 Å². The van der Waals surface area contributed by atoms with Gasteiger partial charge in [-0.25, -0.2) is 9.97 Å². The minimum absolute atomic E-state index is 0.365. The highest BCUT2D eigenvalue weighted by Crippen LogP contribution is 2.29. The fourth-order valence-electron chi connectivity index (χ4n) is 5.80. The number of imidazole rings is 2. The zero-order valence-corrected chi connectivity index (χ0v) is 32.7. The second-order valence-corrected chi connectivity index (χ2v) is 13.9. The Morgan fingerprint density at radius 2 is 1.36 bits per heavy atom. The summed E-state index contributed by atoms with van der Waals surface area (Å²) < 4.78 is 42.0. The molecule has 1 amide bonds. The number of hydrogen-bond acceptors (Lipinski definition) is 11. The van der Waals surface area contributed by atoms with Gasteiger partial charge in [-0.15, -0.1) is 10.2 Å². The van der Waals surface area contributed by atoms with Crippen molar-refractivity contribution in [1.82, 2.24) is 64.8 Å². The third-order valence-electron chi connectivity index (χ3n) is 8.93. The van der Waals surface area contributed by atoms with Crippen molar-refractivity contribution in [2.24, 2.45) is 0 Å². The lowest BCUT2D eigenvalue weighted by Crippen LogP contribution is -2.22. The van der Waals surface area contributed by atoms with E-state index in [1.165, 1.54) is 23.9 Å². The van der Waals surface area contributed by atoms with E-state index in [1.807, 2.05) is 63.8 Å². The first-order valence-electron chi connectivity index (χ1n) is 18.1. The summed E-state index contributed by atoms with van der Waals surface area (Å²) in [6.07, 6.45) is 7.76. The van der Waals surface area contributed by atoms with Crippen molar-refractivity contribution >= 4 is 17.5 Å². The summed E-state index contributed by atoms with van der Waals surface area (Å²) in [6.45, 7) is 4.37. The van der Waals surface area contributed by atoms with Crippen LogP contribution in [0.15, 0.2) is 110 Å². The fraction of sp³-hybridized carbons (Fsp3) is 0.225. The maximum Gasteiger partial charge on any atom is 0.416 e. The van der Waals surface area contributed by atoms with Gasteiger partial charge in [0, 0.05) is 80.2 Å². The van der Waals surface area contributed by atoms with Crippen LogP contribution in [0, 0.1) is 11.5 Å². The molecule has 0 radical (unpaired) electrons. The smallest absolute Gasteiger partial charge is 0.335 e. The highest BCUT2D eigenvalue weighted by atomic mass is 35.5. The molecule has 302 valence electrons. The van der Waals surface area contributed by atoms with E-state index in [4.69, 9.17) is 16.9 Å². The average Bonchev–Trinajstić information content (AvgIpc) is 4.04. The zero-order chi connectivity index (χ0) is 41.8. The number of carbonyl (C=O) groups is 1. The third kappa shape index (κ3) is 12.1. The van der Waals surface area contributed by atoms with Crippen molar-refractivity contribution in [3.63, 3.8) is 0 Å². The predicted octanol–water partition coefficient (Wildman–Crippen LogP) is 6.22. The summed E-state index contributed by atoms with van der Waals surface area (Å²) in [5.74, 6) is 0.0161. The SMILES string of the molecule is CN(CCn1cnc(-c2cc(-c3nn[nH]n3)ccn2)c1)Cc1ccc(C(F)(F)F)cc1.CN(CCn1cnc(-c2cc(C(=O)NC#N)ccn2)c1)Cc1ccc(Cl)cc1. The Balaban J connectivity index is 0.000000199. The summed E-state index contributed by atoms with van der Waals surface area (Å²) in [6, 6.07) is 19.9. The van der Waals surface area contributed by atoms with E-state index in [-0.39, 0.29) is 0 Å². The molecule has 0 unspecified atom stereocenters. The molecular formula is C40H38ClF3N14O. The number of halogens is 4. The Labute approximate surface area is 342 Å². The van der Waals surface area contributed by atoms with Gasteiger partial charge in [-0.3, -0.25) is 20.1 Å². The summed E-state index contributed by atoms with van der Waals surface area (Å²) in [4.78, 5) is 33.4. The number of nitriles is 1. The molecule has 0 bridgehead atoms. The number of benzene rings is 2. The van der Waals surface area contributed by atoms with Gasteiger partial charge in [-0.05, 0) is 79.0 Å². The summed E-state index contributed by atoms with van der Waals surface area (Å²) >= 11 is 5.92. The molecule has 0 atom stereocenters. The van der Waals surface area contributed by atoms with E-state index in [1.54, 1.807) is 43.2 Å². The number of carbonyl (C=O) groups excluding carboxylic acids is 1. The van der Waals surface area contributed by atoms with Gasteiger partial charge in [-0.1, -0.05) is 35.9 Å². The maximum absolute atomic E-state index is 12.7. The third-order valence-corrected chi connectivity index (χ3v) is 9.18. The molecule has 7 rings (SSSR count). The molecule has 0 aliphatic heterocycles. The van der Waals surface area contributed by atoms with Gasteiger partial charge >= 0.3 is 6.18 Å². The molecule has 0 fully saturated rings. The quantitative estimate of drug-likeness (QED) is 0.0942. The molecule has 2 N–H and O–H groups in total. The number of hydrogen-bond donors (Lipinski definition) is 2. The number of amides is 1. The van der Waals surface area contributed by atoms with Crippen molar-refractivity contribution in [2.75, 3.05) is 27.2 Å². The molecule has 2 aromatic carbocycles. The molecular weight excluding hydrogens is 785 g/mol. The van der Waals surface area contributed by atoms with E-state index in [0.29, 0.717) is 48.1 Å². The summed E-state index contributed by atoms with van der Waals surface area (Å²) in [7, 11) is 3.98. The van der Waals surface area contributed by atoms with Gasteiger partial charge in [0.05, 0.1) is 29.6 Å². The maximum atomic E-state index is 12.7. The fourth-order valence-corrected chi connectivity index (χ4v) is 5.93. The number of pyridine rings is 2. The van der Waals surface area contributed by atoms with Gasteiger partial charge in [0.15, 0.2) is 6.19 Å². The van der Waals surface area contributed by atoms with Crippen LogP contribution >= 0.6 is 11.6 Å². The van der Waals surface area contributed by atoms with Crippen molar-refractivity contribution in [3.8, 4) is 40.4 Å². The van der Waals surface area contributed by atoms with Crippen LogP contribution in [0.4, 0.5) is 13.2 Å². The number of aromatic amines is 1. The van der Waals surface area contributed by atoms with Crippen molar-refractivity contribution < 1.29 is 18.0 Å². The number of tetrazole rings is 1. The van der Waals surface area contributed by atoms with Gasteiger partial charge < -0.3 is 18.9 Å². The Morgan fingerprint density at radius 3 is 1.90 bits per heavy atom. The topological polar surface area (TPSA) is 175 Å². The van der Waals surface area contributed by atoms with Gasteiger partial charge in [0.25, 0.3) is 5.91 Å². The molecule has 0 saturated carbocycles. The van der Waals surface area contributed by atoms with E-state index in [0.717, 1.165) is 53.6 Å². The number of aromatic nitrogens is 10. The highest BCUT2D eigenvalue weighted by Gasteiger charge is 2.30. The van der Waals surface area contributed by atoms with Crippen LogP contribution in [0.1, 0.15) is 27.0 Å². The number of H-pyrrole nitrogens is 1. The van der Waals surface area contributed by atoms with E-state index < -0.39 is 17.6 Å². The molecule has 0 aliphatic rings. The van der Waals surface area contributed by atoms with Crippen LogP contribution in [0.3, 0.4) is 0 Å². The minimum Gasteiger partial charge on any atom is -0.335 e. The molecule has 0 saturated heterocycles. The molecule has 5 aromatic heterocycles. The van der Waals surface area contributed by atoms with Crippen LogP contribution in [0.5, 0.6) is 0 Å². The van der Waals surface area contributed by atoms with Gasteiger partial charge in [0.2, 0.25) is 5.82 Å². The van der Waals surface area contributed by atoms with Crippen molar-refractivity contribution in [1.29, 1.82) is 5.26 Å². The number of nitrogens with zero attached hydrogens (tertiary/aromatic N) is 12. The van der Waals surface area contributed by atoms with Crippen LogP contribution in [-0.4, -0.2) is 92.6 Å². The Hall–Kier alpha value is -6.81. The first kappa shape index (κ1) is 41.8. The molecule has 5 heterocycles. The Kier molecular flexibility index (Phi) is 13.9. The molecule has 0 spiro atoms. The van der Waals surface area contributed by atoms with Crippen molar-refractivity contribution in [2.45, 2.75) is 32.4 Å². The first-order valence-corrected chi connectivity index (χ1v) is 18.5. The molecule has 15 nitrogen and oxygen atoms in total. The van der Waals surface area contributed by atoms with Gasteiger partial charge in [0.1, 0.15) is 11.4 Å². The lowest BCUT2D eigenvalue weighted by molar-refractivity contribution is -0.137. The lowest BCUT2D eigenvalue weighted by atomic mass is 10.1. The number of likely N-dealkylation sites (N-methyl/N-ethyl adjacent to an activating group) is 2. The summed E-state index contributed by atoms with van der Waals surface area (Å²) in [5.41, 5.74) is 5.20. The second-order valence-electron chi connectivity index (χ2n) is 13.5. The number of rotatable bonds is 14. The van der Waals surface area contributed by atoms with E-state index in [2.05, 4.69) is 57.8 Å². The monoisotopic (exact) mass is 822 g/mol. The normalized spacial score (nSPS) is 11.3. The molecule has 59 heavy (non-hydrogen) atoms. The Bertz CT molecular complexity index is 2460. The minimum atomic E-state index is -4.32. The number of alkyl halides is 3. The molecule has 0 aliphatic carbocycles. The van der Waals surface area contributed by atoms with Crippen LogP contribution in [0.2, 0.25) is 5.02 Å². The molecule has 19 heteroatoms. The lowest BCUT2D eigenvalue weighted by Gasteiger charge is -2.17.